The van der Waals surface area contributed by atoms with Gasteiger partial charge < -0.3 is 15.0 Å². The Morgan fingerprint density at radius 2 is 2.14 bits per heavy atom. The lowest BCUT2D eigenvalue weighted by atomic mass is 9.91. The van der Waals surface area contributed by atoms with E-state index in [1.54, 1.807) is 13.2 Å². The molecule has 0 aliphatic carbocycles. The number of methoxy groups -OCH3 is 1. The van der Waals surface area contributed by atoms with E-state index in [1.165, 1.54) is 0 Å². The van der Waals surface area contributed by atoms with Crippen molar-refractivity contribution >= 4 is 46.9 Å². The van der Waals surface area contributed by atoms with E-state index in [1.807, 2.05) is 12.1 Å². The Morgan fingerprint density at radius 1 is 1.41 bits per heavy atom. The molecule has 1 amide bonds. The van der Waals surface area contributed by atoms with E-state index in [-0.39, 0.29) is 18.3 Å². The third kappa shape index (κ3) is 3.05. The van der Waals surface area contributed by atoms with Crippen molar-refractivity contribution in [3.63, 3.8) is 0 Å². The van der Waals surface area contributed by atoms with Gasteiger partial charge in [-0.1, -0.05) is 17.7 Å². The summed E-state index contributed by atoms with van der Waals surface area (Å²) in [7, 11) is 1.57. The molecule has 0 atom stereocenters. The molecule has 6 nitrogen and oxygen atoms in total. The van der Waals surface area contributed by atoms with Crippen LogP contribution in [-0.2, 0) is 9.53 Å². The topological polar surface area (TPSA) is 79.0 Å². The smallest absolute Gasteiger partial charge is 0.259 e. The van der Waals surface area contributed by atoms with Crippen molar-refractivity contribution in [2.45, 2.75) is 18.4 Å². The van der Waals surface area contributed by atoms with Gasteiger partial charge in [-0.15, -0.1) is 12.4 Å². The number of piperidine rings is 1. The minimum Gasteiger partial charge on any atom is -0.368 e. The number of H-pyrrole nitrogens is 1. The normalized spacial score (nSPS) is 17.0. The molecule has 22 heavy (non-hydrogen) atoms. The van der Waals surface area contributed by atoms with Gasteiger partial charge in [-0.05, 0) is 38.1 Å². The number of imidazole rings is 1. The molecule has 0 saturated carbocycles. The summed E-state index contributed by atoms with van der Waals surface area (Å²) in [5.41, 5.74) is 0.634. The molecule has 1 fully saturated rings. The summed E-state index contributed by atoms with van der Waals surface area (Å²) in [5.74, 6) is 0.208. The number of carbonyl (C=O) groups is 1. The van der Waals surface area contributed by atoms with E-state index in [2.05, 4.69) is 20.6 Å². The lowest BCUT2D eigenvalue weighted by molar-refractivity contribution is -0.140. The third-order valence-electron chi connectivity index (χ3n) is 3.91. The summed E-state index contributed by atoms with van der Waals surface area (Å²) in [4.78, 5) is 19.9. The number of amides is 1. The number of nitrogens with one attached hydrogen (secondary N) is 3. The van der Waals surface area contributed by atoms with Gasteiger partial charge in [0.05, 0.1) is 10.5 Å². The largest absolute Gasteiger partial charge is 0.368 e. The average Bonchev–Trinajstić information content (AvgIpc) is 2.92. The van der Waals surface area contributed by atoms with Crippen LogP contribution in [0.25, 0.3) is 11.0 Å². The second-order valence-electron chi connectivity index (χ2n) is 5.12. The summed E-state index contributed by atoms with van der Waals surface area (Å²) in [6, 6.07) is 5.46. The summed E-state index contributed by atoms with van der Waals surface area (Å²) in [6.07, 6.45) is 1.27. The molecule has 120 valence electrons. The summed E-state index contributed by atoms with van der Waals surface area (Å²) < 4.78 is 5.49. The van der Waals surface area contributed by atoms with Crippen LogP contribution in [0.15, 0.2) is 18.2 Å². The number of ether oxygens (including phenoxy) is 1. The Labute approximate surface area is 139 Å². The fourth-order valence-corrected chi connectivity index (χ4v) is 2.85. The predicted molar refractivity (Wildman–Crippen MR) is 88.8 cm³/mol. The Kier molecular flexibility index (Phi) is 5.28. The fourth-order valence-electron chi connectivity index (χ4n) is 2.63. The molecule has 8 heteroatoms. The molecule has 0 bridgehead atoms. The van der Waals surface area contributed by atoms with E-state index in [4.69, 9.17) is 16.3 Å². The van der Waals surface area contributed by atoms with Crippen molar-refractivity contribution < 1.29 is 9.53 Å². The molecule has 0 radical (unpaired) electrons. The first-order valence-corrected chi connectivity index (χ1v) is 7.24. The van der Waals surface area contributed by atoms with Crippen LogP contribution in [0.2, 0.25) is 5.02 Å². The monoisotopic (exact) mass is 344 g/mol. The third-order valence-corrected chi connectivity index (χ3v) is 4.22. The molecule has 3 N–H and O–H groups in total. The maximum absolute atomic E-state index is 12.5. The molecule has 2 aromatic rings. The first kappa shape index (κ1) is 17.0. The van der Waals surface area contributed by atoms with Gasteiger partial charge in [0, 0.05) is 7.11 Å². The van der Waals surface area contributed by atoms with Gasteiger partial charge in [0.15, 0.2) is 0 Å². The van der Waals surface area contributed by atoms with Gasteiger partial charge in [-0.25, -0.2) is 4.98 Å². The number of aromatic amines is 1. The second-order valence-corrected chi connectivity index (χ2v) is 5.53. The van der Waals surface area contributed by atoms with Gasteiger partial charge in [0.25, 0.3) is 5.91 Å². The van der Waals surface area contributed by atoms with Crippen LogP contribution in [0, 0.1) is 0 Å². The number of hydrogen-bond acceptors (Lipinski definition) is 4. The highest BCUT2D eigenvalue weighted by Crippen LogP contribution is 2.26. The number of rotatable bonds is 3. The first-order valence-electron chi connectivity index (χ1n) is 6.86. The van der Waals surface area contributed by atoms with Crippen LogP contribution in [0.3, 0.4) is 0 Å². The number of fused-ring (bicyclic) bond motifs is 1. The Morgan fingerprint density at radius 3 is 2.77 bits per heavy atom. The molecule has 1 saturated heterocycles. The van der Waals surface area contributed by atoms with E-state index in [9.17, 15) is 4.79 Å². The van der Waals surface area contributed by atoms with Crippen LogP contribution in [0.4, 0.5) is 5.95 Å². The van der Waals surface area contributed by atoms with Crippen LogP contribution in [-0.4, -0.2) is 41.7 Å². The van der Waals surface area contributed by atoms with Crippen molar-refractivity contribution in [2.24, 2.45) is 0 Å². The molecule has 0 unspecified atom stereocenters. The minimum atomic E-state index is -0.798. The van der Waals surface area contributed by atoms with Crippen LogP contribution in [0.1, 0.15) is 12.8 Å². The number of halogens is 2. The van der Waals surface area contributed by atoms with E-state index in [0.29, 0.717) is 29.3 Å². The molecule has 1 aromatic carbocycles. The maximum atomic E-state index is 12.5. The Balaban J connectivity index is 0.00000176. The second kappa shape index (κ2) is 6.83. The number of aromatic nitrogens is 2. The summed E-state index contributed by atoms with van der Waals surface area (Å²) >= 11 is 6.08. The molecule has 1 aromatic heterocycles. The number of para-hydroxylation sites is 1. The van der Waals surface area contributed by atoms with Gasteiger partial charge >= 0.3 is 0 Å². The summed E-state index contributed by atoms with van der Waals surface area (Å²) in [6.45, 7) is 1.51. The molecular weight excluding hydrogens is 327 g/mol. The van der Waals surface area contributed by atoms with Crippen molar-refractivity contribution in [3.05, 3.63) is 23.2 Å². The van der Waals surface area contributed by atoms with Gasteiger partial charge in [-0.3, -0.25) is 10.1 Å². The lowest BCUT2D eigenvalue weighted by Crippen LogP contribution is -2.51. The molecular formula is C14H18Cl2N4O2. The van der Waals surface area contributed by atoms with Gasteiger partial charge in [-0.2, -0.15) is 0 Å². The SMILES string of the molecule is COC1(C(=O)Nc2nc3c(Cl)cccc3[nH]2)CCNCC1.Cl. The number of nitrogens with zero attached hydrogens (tertiary/aromatic N) is 1. The average molecular weight is 345 g/mol. The summed E-state index contributed by atoms with van der Waals surface area (Å²) in [5, 5.41) is 6.57. The van der Waals surface area contributed by atoms with Crippen molar-refractivity contribution in [2.75, 3.05) is 25.5 Å². The van der Waals surface area contributed by atoms with Gasteiger partial charge in [0.2, 0.25) is 5.95 Å². The van der Waals surface area contributed by atoms with Crippen LogP contribution < -0.4 is 10.6 Å². The van der Waals surface area contributed by atoms with Gasteiger partial charge in [0.1, 0.15) is 11.1 Å². The van der Waals surface area contributed by atoms with Crippen molar-refractivity contribution in [1.82, 2.24) is 15.3 Å². The van der Waals surface area contributed by atoms with Crippen LogP contribution >= 0.6 is 24.0 Å². The van der Waals surface area contributed by atoms with E-state index < -0.39 is 5.60 Å². The Bertz CT molecular complexity index is 668. The number of hydrogen-bond donors (Lipinski definition) is 3. The molecule has 1 aliphatic rings. The molecule has 2 heterocycles. The first-order chi connectivity index (χ1) is 10.1. The van der Waals surface area contributed by atoms with Crippen molar-refractivity contribution in [1.29, 1.82) is 0 Å². The number of benzene rings is 1. The lowest BCUT2D eigenvalue weighted by Gasteiger charge is -2.34. The highest BCUT2D eigenvalue weighted by atomic mass is 35.5. The fraction of sp³-hybridized carbons (Fsp3) is 0.429. The van der Waals surface area contributed by atoms with Crippen molar-refractivity contribution in [3.8, 4) is 0 Å². The zero-order chi connectivity index (χ0) is 14.9. The predicted octanol–water partition coefficient (Wildman–Crippen LogP) is 2.35. The zero-order valence-corrected chi connectivity index (χ0v) is 13.7. The highest BCUT2D eigenvalue weighted by Gasteiger charge is 2.40. The minimum absolute atomic E-state index is 0. The highest BCUT2D eigenvalue weighted by molar-refractivity contribution is 6.35. The molecule has 0 spiro atoms. The number of carbonyl (C=O) groups excluding carboxylic acids is 1. The Hall–Kier alpha value is -1.34. The number of anilines is 1. The van der Waals surface area contributed by atoms with E-state index >= 15 is 0 Å². The standard InChI is InChI=1S/C14H17ClN4O2.ClH/c1-21-14(5-7-16-8-6-14)12(20)19-13-17-10-4-2-3-9(15)11(10)18-13;/h2-4,16H,5-8H2,1H3,(H2,17,18,19,20);1H. The zero-order valence-electron chi connectivity index (χ0n) is 12.1. The molecule has 1 aliphatic heterocycles. The quantitative estimate of drug-likeness (QED) is 0.798. The van der Waals surface area contributed by atoms with Crippen LogP contribution in [0.5, 0.6) is 0 Å². The molecule has 3 rings (SSSR count). The maximum Gasteiger partial charge on any atom is 0.259 e. The van der Waals surface area contributed by atoms with E-state index in [0.717, 1.165) is 18.6 Å².